The molecule has 1 heterocycles. The first-order chi connectivity index (χ1) is 10.3. The lowest BCUT2D eigenvalue weighted by Gasteiger charge is -2.15. The lowest BCUT2D eigenvalue weighted by Crippen LogP contribution is -2.27. The van der Waals surface area contributed by atoms with Gasteiger partial charge in [-0.15, -0.1) is 10.2 Å². The molecule has 0 atom stereocenters. The summed E-state index contributed by atoms with van der Waals surface area (Å²) in [5.41, 5.74) is 0.709. The Morgan fingerprint density at radius 2 is 1.82 bits per heavy atom. The van der Waals surface area contributed by atoms with E-state index in [2.05, 4.69) is 44.7 Å². The Labute approximate surface area is 139 Å². The number of rotatable bonds is 4. The Kier molecular flexibility index (Phi) is 5.08. The van der Waals surface area contributed by atoms with Crippen molar-refractivity contribution >= 4 is 39.8 Å². The molecule has 7 heteroatoms. The quantitative estimate of drug-likeness (QED) is 0.862. The van der Waals surface area contributed by atoms with E-state index in [0.29, 0.717) is 5.13 Å². The largest absolute Gasteiger partial charge is 0.378 e. The molecule has 118 valence electrons. The maximum Gasteiger partial charge on any atom is 0.231 e. The van der Waals surface area contributed by atoms with Crippen LogP contribution in [0.3, 0.4) is 0 Å². The van der Waals surface area contributed by atoms with E-state index < -0.39 is 5.41 Å². The van der Waals surface area contributed by atoms with Crippen LogP contribution in [0.15, 0.2) is 33.5 Å². The molecule has 0 aliphatic rings. The lowest BCUT2D eigenvalue weighted by molar-refractivity contribution is -0.123. The first kappa shape index (κ1) is 16.8. The molecule has 0 fully saturated rings. The number of amides is 1. The van der Waals surface area contributed by atoms with E-state index in [0.717, 1.165) is 14.9 Å². The zero-order chi connectivity index (χ0) is 16.3. The van der Waals surface area contributed by atoms with Crippen molar-refractivity contribution in [3.8, 4) is 0 Å². The van der Waals surface area contributed by atoms with Crippen LogP contribution in [0.25, 0.3) is 0 Å². The summed E-state index contributed by atoms with van der Waals surface area (Å²) in [6, 6.07) is 8.22. The van der Waals surface area contributed by atoms with E-state index in [9.17, 15) is 4.79 Å². The molecule has 2 rings (SSSR count). The third-order valence-electron chi connectivity index (χ3n) is 2.87. The molecule has 0 saturated heterocycles. The Bertz CT molecular complexity index is 644. The van der Waals surface area contributed by atoms with Gasteiger partial charge in [0.05, 0.1) is 0 Å². The van der Waals surface area contributed by atoms with Crippen molar-refractivity contribution in [3.63, 3.8) is 0 Å². The fourth-order valence-corrected chi connectivity index (χ4v) is 3.22. The Hall–Kier alpha value is -1.60. The van der Waals surface area contributed by atoms with Gasteiger partial charge in [0.15, 0.2) is 4.34 Å². The summed E-state index contributed by atoms with van der Waals surface area (Å²) >= 11 is 2.92. The lowest BCUT2D eigenvalue weighted by atomic mass is 9.96. The second kappa shape index (κ2) is 6.66. The normalized spacial score (nSPS) is 11.3. The average Bonchev–Trinajstić information content (AvgIpc) is 2.85. The number of hydrogen-bond donors (Lipinski definition) is 1. The highest BCUT2D eigenvalue weighted by Crippen LogP contribution is 2.33. The fourth-order valence-electron chi connectivity index (χ4n) is 1.50. The topological polar surface area (TPSA) is 58.1 Å². The van der Waals surface area contributed by atoms with Crippen molar-refractivity contribution in [1.82, 2.24) is 10.2 Å². The first-order valence-corrected chi connectivity index (χ1v) is 8.49. The van der Waals surface area contributed by atoms with Crippen LogP contribution in [0.2, 0.25) is 0 Å². The summed E-state index contributed by atoms with van der Waals surface area (Å²) in [5.74, 6) is -0.0597. The van der Waals surface area contributed by atoms with Gasteiger partial charge in [0.25, 0.3) is 0 Å². The molecule has 0 bridgehead atoms. The number of carbonyl (C=O) groups is 1. The molecular formula is C15H20N4OS2. The summed E-state index contributed by atoms with van der Waals surface area (Å²) in [6.45, 7) is 5.60. The molecule has 0 aliphatic carbocycles. The molecule has 0 unspecified atom stereocenters. The van der Waals surface area contributed by atoms with Gasteiger partial charge in [0, 0.05) is 30.1 Å². The molecule has 0 spiro atoms. The van der Waals surface area contributed by atoms with Crippen molar-refractivity contribution in [1.29, 1.82) is 0 Å². The number of anilines is 2. The standard InChI is InChI=1S/C15H20N4OS2/c1-15(2,3)12(20)16-13-17-18-14(22-13)21-11-8-6-10(7-9-11)19(4)5/h6-9H,1-5H3,(H,16,17,20). The number of nitrogens with one attached hydrogen (secondary N) is 1. The molecule has 5 nitrogen and oxygen atoms in total. The van der Waals surface area contributed by atoms with E-state index in [4.69, 9.17) is 0 Å². The first-order valence-electron chi connectivity index (χ1n) is 6.86. The van der Waals surface area contributed by atoms with Crippen LogP contribution in [0.4, 0.5) is 10.8 Å². The van der Waals surface area contributed by atoms with Crippen LogP contribution < -0.4 is 10.2 Å². The van der Waals surface area contributed by atoms with Gasteiger partial charge in [0.2, 0.25) is 11.0 Å². The van der Waals surface area contributed by atoms with Crippen molar-refractivity contribution in [2.75, 3.05) is 24.3 Å². The minimum atomic E-state index is -0.443. The molecule has 1 aromatic carbocycles. The van der Waals surface area contributed by atoms with Crippen molar-refractivity contribution in [3.05, 3.63) is 24.3 Å². The monoisotopic (exact) mass is 336 g/mol. The molecule has 2 aromatic rings. The Morgan fingerprint density at radius 3 is 2.36 bits per heavy atom. The minimum absolute atomic E-state index is 0.0597. The number of aromatic nitrogens is 2. The summed E-state index contributed by atoms with van der Waals surface area (Å²) in [4.78, 5) is 15.1. The van der Waals surface area contributed by atoms with E-state index in [1.54, 1.807) is 0 Å². The van der Waals surface area contributed by atoms with Gasteiger partial charge in [-0.1, -0.05) is 43.9 Å². The number of nitrogens with zero attached hydrogens (tertiary/aromatic N) is 3. The number of benzene rings is 1. The fraction of sp³-hybridized carbons (Fsp3) is 0.400. The van der Waals surface area contributed by atoms with Crippen LogP contribution in [0.1, 0.15) is 20.8 Å². The molecule has 0 saturated carbocycles. The summed E-state index contributed by atoms with van der Waals surface area (Å²) in [7, 11) is 4.02. The van der Waals surface area contributed by atoms with E-state index in [-0.39, 0.29) is 5.91 Å². The zero-order valence-electron chi connectivity index (χ0n) is 13.4. The highest BCUT2D eigenvalue weighted by atomic mass is 32.2. The molecule has 1 amide bonds. The smallest absolute Gasteiger partial charge is 0.231 e. The van der Waals surface area contributed by atoms with Crippen molar-refractivity contribution < 1.29 is 4.79 Å². The zero-order valence-corrected chi connectivity index (χ0v) is 15.0. The molecular weight excluding hydrogens is 316 g/mol. The molecule has 1 aromatic heterocycles. The van der Waals surface area contributed by atoms with Gasteiger partial charge in [-0.2, -0.15) is 0 Å². The Morgan fingerprint density at radius 1 is 1.18 bits per heavy atom. The highest BCUT2D eigenvalue weighted by molar-refractivity contribution is 8.01. The number of carbonyl (C=O) groups excluding carboxylic acids is 1. The number of hydrogen-bond acceptors (Lipinski definition) is 6. The van der Waals surface area contributed by atoms with Crippen LogP contribution in [0.5, 0.6) is 0 Å². The third kappa shape index (κ3) is 4.45. The van der Waals surface area contributed by atoms with Gasteiger partial charge in [-0.05, 0) is 24.3 Å². The maximum absolute atomic E-state index is 11.9. The van der Waals surface area contributed by atoms with Crippen LogP contribution in [0, 0.1) is 5.41 Å². The second-order valence-electron chi connectivity index (χ2n) is 6.07. The summed E-state index contributed by atoms with van der Waals surface area (Å²) in [5, 5.41) is 11.5. The van der Waals surface area contributed by atoms with Gasteiger partial charge in [-0.25, -0.2) is 0 Å². The predicted octanol–water partition coefficient (Wildman–Crippen LogP) is 3.74. The van der Waals surface area contributed by atoms with Crippen LogP contribution in [-0.4, -0.2) is 30.2 Å². The maximum atomic E-state index is 11.9. The summed E-state index contributed by atoms with van der Waals surface area (Å²) < 4.78 is 0.807. The molecule has 0 radical (unpaired) electrons. The van der Waals surface area contributed by atoms with Gasteiger partial charge >= 0.3 is 0 Å². The van der Waals surface area contributed by atoms with E-state index in [1.807, 2.05) is 34.9 Å². The average molecular weight is 336 g/mol. The van der Waals surface area contributed by atoms with Crippen molar-refractivity contribution in [2.24, 2.45) is 5.41 Å². The van der Waals surface area contributed by atoms with Gasteiger partial charge in [-0.3, -0.25) is 4.79 Å². The van der Waals surface area contributed by atoms with E-state index in [1.165, 1.54) is 23.1 Å². The van der Waals surface area contributed by atoms with Crippen LogP contribution in [-0.2, 0) is 4.79 Å². The summed E-state index contributed by atoms with van der Waals surface area (Å²) in [6.07, 6.45) is 0. The highest BCUT2D eigenvalue weighted by Gasteiger charge is 2.22. The van der Waals surface area contributed by atoms with Crippen LogP contribution >= 0.6 is 23.1 Å². The molecule has 0 aliphatic heterocycles. The second-order valence-corrected chi connectivity index (χ2v) is 8.37. The van der Waals surface area contributed by atoms with Crippen molar-refractivity contribution in [2.45, 2.75) is 30.0 Å². The van der Waals surface area contributed by atoms with Gasteiger partial charge in [0.1, 0.15) is 0 Å². The molecule has 1 N–H and O–H groups in total. The van der Waals surface area contributed by atoms with E-state index >= 15 is 0 Å². The third-order valence-corrected chi connectivity index (χ3v) is 4.76. The SMILES string of the molecule is CN(C)c1ccc(Sc2nnc(NC(=O)C(C)(C)C)s2)cc1. The van der Waals surface area contributed by atoms with Gasteiger partial charge < -0.3 is 10.2 Å². The predicted molar refractivity (Wildman–Crippen MR) is 92.9 cm³/mol. The molecule has 22 heavy (non-hydrogen) atoms. The Balaban J connectivity index is 2.01. The minimum Gasteiger partial charge on any atom is -0.378 e.